The van der Waals surface area contributed by atoms with Crippen LogP contribution in [-0.4, -0.2) is 17.7 Å². The molecule has 1 N–H and O–H groups in total. The molecule has 1 saturated carbocycles. The third-order valence-electron chi connectivity index (χ3n) is 5.68. The minimum atomic E-state index is -4.92. The maximum atomic E-state index is 13.1. The Morgan fingerprint density at radius 1 is 1.08 bits per heavy atom. The summed E-state index contributed by atoms with van der Waals surface area (Å²) in [5.74, 6) is -2.20. The van der Waals surface area contributed by atoms with E-state index in [0.717, 1.165) is 29.8 Å². The predicted octanol–water partition coefficient (Wildman–Crippen LogP) is 4.73. The number of hydrogen-bond acceptors (Lipinski definition) is 2. The Morgan fingerprint density at radius 2 is 1.73 bits per heavy atom. The molecule has 1 aliphatic heterocycles. The molecule has 0 bridgehead atoms. The van der Waals surface area contributed by atoms with Crippen LogP contribution in [0, 0.1) is 5.92 Å². The molecule has 0 aromatic heterocycles. The van der Waals surface area contributed by atoms with Crippen molar-refractivity contribution < 1.29 is 18.0 Å². The van der Waals surface area contributed by atoms with E-state index in [1.165, 1.54) is 0 Å². The van der Waals surface area contributed by atoms with Crippen LogP contribution in [0.5, 0.6) is 0 Å². The van der Waals surface area contributed by atoms with Gasteiger partial charge in [0.25, 0.3) is 0 Å². The average Bonchev–Trinajstić information content (AvgIpc) is 3.07. The molecule has 1 aliphatic carbocycles. The summed E-state index contributed by atoms with van der Waals surface area (Å²) in [5, 5.41) is 2.40. The number of amides is 1. The van der Waals surface area contributed by atoms with Gasteiger partial charge in [-0.3, -0.25) is 4.79 Å². The highest BCUT2D eigenvalue weighted by Gasteiger charge is 2.61. The van der Waals surface area contributed by atoms with E-state index >= 15 is 0 Å². The van der Waals surface area contributed by atoms with E-state index in [9.17, 15) is 18.0 Å². The van der Waals surface area contributed by atoms with Crippen molar-refractivity contribution in [3.8, 4) is 0 Å². The number of carbonyl (C=O) groups is 1. The van der Waals surface area contributed by atoms with Crippen molar-refractivity contribution in [1.82, 2.24) is 5.32 Å². The number of halogens is 3. The Kier molecular flexibility index (Phi) is 3.75. The third-order valence-corrected chi connectivity index (χ3v) is 5.68. The van der Waals surface area contributed by atoms with Gasteiger partial charge in [-0.1, -0.05) is 43.3 Å². The zero-order chi connectivity index (χ0) is 18.5. The molecule has 1 heterocycles. The lowest BCUT2D eigenvalue weighted by atomic mass is 9.87. The minimum Gasteiger partial charge on any atom is -0.324 e. The van der Waals surface area contributed by atoms with E-state index in [-0.39, 0.29) is 11.8 Å². The van der Waals surface area contributed by atoms with Gasteiger partial charge in [0, 0.05) is 17.3 Å². The Bertz CT molecular complexity index is 836. The van der Waals surface area contributed by atoms with Crippen molar-refractivity contribution in [2.24, 2.45) is 5.92 Å². The molecule has 1 fully saturated rings. The molecule has 1 amide bonds. The fraction of sp³-hybridized carbons (Fsp3) is 0.350. The van der Waals surface area contributed by atoms with E-state index in [1.807, 2.05) is 66.4 Å². The predicted molar refractivity (Wildman–Crippen MR) is 93.1 cm³/mol. The number of carbonyl (C=O) groups excluding carboxylic acids is 1. The Balaban J connectivity index is 1.91. The average molecular weight is 360 g/mol. The van der Waals surface area contributed by atoms with Crippen LogP contribution in [0.3, 0.4) is 0 Å². The number of fused-ring (bicyclic) bond motifs is 3. The molecule has 2 aromatic rings. The lowest BCUT2D eigenvalue weighted by Gasteiger charge is -2.44. The van der Waals surface area contributed by atoms with Crippen molar-refractivity contribution in [3.05, 3.63) is 60.2 Å². The maximum Gasteiger partial charge on any atom is 0.471 e. The summed E-state index contributed by atoms with van der Waals surface area (Å²) in [5.41, 5.74) is 1.51. The highest BCUT2D eigenvalue weighted by Crippen LogP contribution is 2.59. The summed E-state index contributed by atoms with van der Waals surface area (Å²) in [6.45, 7) is 1.92. The smallest absolute Gasteiger partial charge is 0.324 e. The molecular formula is C20H19F3N2O. The van der Waals surface area contributed by atoms with Crippen molar-refractivity contribution in [2.75, 3.05) is 4.90 Å². The Labute approximate surface area is 149 Å². The number of rotatable bonds is 2. The van der Waals surface area contributed by atoms with Crippen LogP contribution in [0.25, 0.3) is 0 Å². The first kappa shape index (κ1) is 16.9. The van der Waals surface area contributed by atoms with E-state index in [2.05, 4.69) is 5.32 Å². The SMILES string of the molecule is CC1CCC2c3ccccc3N(c3ccccc3)C12NC(=O)C(F)(F)F. The van der Waals surface area contributed by atoms with Crippen LogP contribution in [0.15, 0.2) is 54.6 Å². The van der Waals surface area contributed by atoms with E-state index < -0.39 is 17.7 Å². The molecule has 3 atom stereocenters. The molecule has 3 unspecified atom stereocenters. The molecule has 0 spiro atoms. The van der Waals surface area contributed by atoms with E-state index in [4.69, 9.17) is 0 Å². The first-order chi connectivity index (χ1) is 12.4. The zero-order valence-electron chi connectivity index (χ0n) is 14.3. The van der Waals surface area contributed by atoms with Gasteiger partial charge in [0.2, 0.25) is 0 Å². The molecule has 0 saturated heterocycles. The van der Waals surface area contributed by atoms with Gasteiger partial charge < -0.3 is 10.2 Å². The largest absolute Gasteiger partial charge is 0.471 e. The topological polar surface area (TPSA) is 32.3 Å². The summed E-state index contributed by atoms with van der Waals surface area (Å²) in [7, 11) is 0. The number of nitrogens with one attached hydrogen (secondary N) is 1. The van der Waals surface area contributed by atoms with Gasteiger partial charge in [-0.2, -0.15) is 13.2 Å². The van der Waals surface area contributed by atoms with Crippen molar-refractivity contribution in [3.63, 3.8) is 0 Å². The van der Waals surface area contributed by atoms with Crippen LogP contribution in [0.2, 0.25) is 0 Å². The molecular weight excluding hydrogens is 341 g/mol. The summed E-state index contributed by atoms with van der Waals surface area (Å²) >= 11 is 0. The van der Waals surface area contributed by atoms with Gasteiger partial charge in [0.15, 0.2) is 0 Å². The summed E-state index contributed by atoms with van der Waals surface area (Å²) in [6, 6.07) is 16.9. The van der Waals surface area contributed by atoms with Gasteiger partial charge in [-0.25, -0.2) is 0 Å². The molecule has 2 aliphatic rings. The Morgan fingerprint density at radius 3 is 2.42 bits per heavy atom. The third kappa shape index (κ3) is 2.31. The van der Waals surface area contributed by atoms with Crippen molar-refractivity contribution >= 4 is 17.3 Å². The van der Waals surface area contributed by atoms with Crippen LogP contribution >= 0.6 is 0 Å². The van der Waals surface area contributed by atoms with Gasteiger partial charge >= 0.3 is 12.1 Å². The number of nitrogens with zero attached hydrogens (tertiary/aromatic N) is 1. The van der Waals surface area contributed by atoms with E-state index in [0.29, 0.717) is 0 Å². The zero-order valence-corrected chi connectivity index (χ0v) is 14.3. The monoisotopic (exact) mass is 360 g/mol. The Hall–Kier alpha value is -2.50. The second-order valence-corrected chi connectivity index (χ2v) is 7.04. The minimum absolute atomic E-state index is 0.133. The molecule has 6 heteroatoms. The first-order valence-electron chi connectivity index (χ1n) is 8.69. The number of anilines is 2. The summed E-state index contributed by atoms with van der Waals surface area (Å²) in [4.78, 5) is 13.9. The normalized spacial score (nSPS) is 27.2. The van der Waals surface area contributed by atoms with Gasteiger partial charge in [-0.05, 0) is 42.5 Å². The lowest BCUT2D eigenvalue weighted by Crippen LogP contribution is -2.63. The number of benzene rings is 2. The molecule has 0 radical (unpaired) electrons. The molecule has 2 aromatic carbocycles. The van der Waals surface area contributed by atoms with Gasteiger partial charge in [-0.15, -0.1) is 0 Å². The first-order valence-corrected chi connectivity index (χ1v) is 8.69. The highest BCUT2D eigenvalue weighted by atomic mass is 19.4. The summed E-state index contributed by atoms with van der Waals surface area (Å²) in [6.07, 6.45) is -3.43. The van der Waals surface area contributed by atoms with Crippen LogP contribution in [0.1, 0.15) is 31.2 Å². The van der Waals surface area contributed by atoms with E-state index in [1.54, 1.807) is 0 Å². The molecule has 136 valence electrons. The fourth-order valence-corrected chi connectivity index (χ4v) is 4.60. The van der Waals surface area contributed by atoms with Crippen molar-refractivity contribution in [2.45, 2.75) is 37.5 Å². The highest BCUT2D eigenvalue weighted by molar-refractivity contribution is 5.86. The number of alkyl halides is 3. The van der Waals surface area contributed by atoms with Crippen LogP contribution in [0.4, 0.5) is 24.5 Å². The number of para-hydroxylation sites is 2. The summed E-state index contributed by atoms with van der Waals surface area (Å²) < 4.78 is 39.3. The van der Waals surface area contributed by atoms with Gasteiger partial charge in [0.1, 0.15) is 5.66 Å². The standard InChI is InChI=1S/C20H19F3N2O/c1-13-11-12-16-15-9-5-6-10-17(15)25(14-7-3-2-4-8-14)19(13,16)24-18(26)20(21,22)23/h2-10,13,16H,11-12H2,1H3,(H,24,26). The van der Waals surface area contributed by atoms with Crippen LogP contribution in [-0.2, 0) is 4.79 Å². The number of hydrogen-bond donors (Lipinski definition) is 1. The fourth-order valence-electron chi connectivity index (χ4n) is 4.60. The molecule has 26 heavy (non-hydrogen) atoms. The lowest BCUT2D eigenvalue weighted by molar-refractivity contribution is -0.176. The second-order valence-electron chi connectivity index (χ2n) is 7.04. The maximum absolute atomic E-state index is 13.1. The molecule has 4 rings (SSSR count). The van der Waals surface area contributed by atoms with Crippen molar-refractivity contribution in [1.29, 1.82) is 0 Å². The second kappa shape index (κ2) is 5.76. The molecule has 3 nitrogen and oxygen atoms in total. The van der Waals surface area contributed by atoms with Crippen LogP contribution < -0.4 is 10.2 Å². The van der Waals surface area contributed by atoms with Gasteiger partial charge in [0.05, 0.1) is 0 Å². The quantitative estimate of drug-likeness (QED) is 0.840.